The lowest BCUT2D eigenvalue weighted by molar-refractivity contribution is -0.355. The largest absolute Gasteiger partial charge is 0.463 e. The van der Waals surface area contributed by atoms with Gasteiger partial charge in [0, 0.05) is 12.8 Å². The van der Waals surface area contributed by atoms with E-state index in [9.17, 15) is 45.3 Å². The zero-order valence-corrected chi connectivity index (χ0v) is 21.1. The molecule has 0 amide bonds. The maximum Gasteiger partial charge on any atom is 0.310 e. The Balaban J connectivity index is 1.74. The highest BCUT2D eigenvalue weighted by molar-refractivity contribution is 5.70. The highest BCUT2D eigenvalue weighted by atomic mass is 16.7. The highest BCUT2D eigenvalue weighted by Gasteiger charge is 2.50. The quantitative estimate of drug-likeness (QED) is 0.0661. The van der Waals surface area contributed by atoms with E-state index < -0.39 is 80.6 Å². The summed E-state index contributed by atoms with van der Waals surface area (Å²) in [7, 11) is 0. The van der Waals surface area contributed by atoms with E-state index in [1.54, 1.807) is 0 Å². The lowest BCUT2D eigenvalue weighted by Gasteiger charge is -2.45. The summed E-state index contributed by atoms with van der Waals surface area (Å²) in [6, 6.07) is 0. The van der Waals surface area contributed by atoms with Crippen molar-refractivity contribution in [3.8, 4) is 0 Å². The van der Waals surface area contributed by atoms with Crippen LogP contribution in [0, 0.1) is 0 Å². The van der Waals surface area contributed by atoms with Gasteiger partial charge in [0.25, 0.3) is 0 Å². The van der Waals surface area contributed by atoms with Crippen LogP contribution in [0.5, 0.6) is 0 Å². The van der Waals surface area contributed by atoms with E-state index in [1.807, 2.05) is 0 Å². The van der Waals surface area contributed by atoms with Gasteiger partial charge in [-0.15, -0.1) is 0 Å². The Kier molecular flexibility index (Phi) is 14.0. The molecule has 2 heterocycles. The van der Waals surface area contributed by atoms with Crippen LogP contribution in [-0.2, 0) is 33.3 Å². The van der Waals surface area contributed by atoms with Crippen molar-refractivity contribution in [2.24, 2.45) is 0 Å². The summed E-state index contributed by atoms with van der Waals surface area (Å²) in [6.07, 6.45) is -9.99. The molecule has 0 aliphatic carbocycles. The predicted molar refractivity (Wildman–Crippen MR) is 126 cm³/mol. The zero-order chi connectivity index (χ0) is 28.2. The van der Waals surface area contributed by atoms with Crippen molar-refractivity contribution in [2.45, 2.75) is 113 Å². The van der Waals surface area contributed by atoms with Gasteiger partial charge in [0.2, 0.25) is 0 Å². The van der Waals surface area contributed by atoms with Gasteiger partial charge in [-0.3, -0.25) is 9.59 Å². The lowest BCUT2D eigenvalue weighted by atomic mass is 9.97. The first-order valence-corrected chi connectivity index (χ1v) is 12.7. The average molecular weight is 553 g/mol. The Hall–Kier alpha value is -1.72. The number of hydrogen-bond acceptors (Lipinski definition) is 14. The first-order valence-electron chi connectivity index (χ1n) is 12.7. The van der Waals surface area contributed by atoms with Crippen LogP contribution < -0.4 is 0 Å². The summed E-state index contributed by atoms with van der Waals surface area (Å²) < 4.78 is 25.7. The minimum atomic E-state index is -1.79. The number of carbonyl (C=O) groups is 2. The van der Waals surface area contributed by atoms with E-state index in [1.165, 1.54) is 0 Å². The van der Waals surface area contributed by atoms with Gasteiger partial charge in [-0.1, -0.05) is 32.3 Å². The minimum absolute atomic E-state index is 0.115. The maximum absolute atomic E-state index is 12.1. The molecule has 14 heteroatoms. The van der Waals surface area contributed by atoms with Crippen molar-refractivity contribution >= 4 is 11.9 Å². The number of unbranched alkanes of at least 4 members (excludes halogenated alkanes) is 5. The number of aliphatic hydroxyl groups excluding tert-OH is 7. The van der Waals surface area contributed by atoms with E-state index in [2.05, 4.69) is 11.3 Å². The monoisotopic (exact) mass is 552 g/mol. The van der Waals surface area contributed by atoms with Crippen LogP contribution in [-0.4, -0.2) is 122 Å². The third-order valence-corrected chi connectivity index (χ3v) is 6.43. The number of aliphatic hydroxyl groups is 7. The zero-order valence-electron chi connectivity index (χ0n) is 21.1. The lowest BCUT2D eigenvalue weighted by Crippen LogP contribution is -2.64. The summed E-state index contributed by atoms with van der Waals surface area (Å²) in [6.45, 7) is 2.14. The molecule has 2 saturated heterocycles. The van der Waals surface area contributed by atoms with Crippen LogP contribution in [0.2, 0.25) is 0 Å². The van der Waals surface area contributed by atoms with Gasteiger partial charge in [0.15, 0.2) is 12.6 Å². The molecule has 0 aromatic heterocycles. The normalized spacial score (nSPS) is 35.4. The van der Waals surface area contributed by atoms with Crippen molar-refractivity contribution in [1.29, 1.82) is 0 Å². The fraction of sp³-hybridized carbons (Fsp3) is 0.833. The molecule has 7 N–H and O–H groups in total. The summed E-state index contributed by atoms with van der Waals surface area (Å²) in [5, 5.41) is 69.9. The molecule has 0 aromatic carbocycles. The van der Waals surface area contributed by atoms with Gasteiger partial charge >= 0.3 is 11.9 Å². The first kappa shape index (κ1) is 32.5. The molecule has 0 aromatic rings. The van der Waals surface area contributed by atoms with E-state index >= 15 is 0 Å². The molecule has 0 unspecified atom stereocenters. The summed E-state index contributed by atoms with van der Waals surface area (Å²) >= 11 is 0. The number of ether oxygens (including phenoxy) is 5. The third kappa shape index (κ3) is 9.48. The Morgan fingerprint density at radius 3 is 1.95 bits per heavy atom. The number of carbonyl (C=O) groups excluding carboxylic acids is 2. The van der Waals surface area contributed by atoms with Crippen molar-refractivity contribution in [3.63, 3.8) is 0 Å². The SMILES string of the molecule is C=COC(=O)CCCCCCCCC(=O)OC[C@H]1O[C@H](O[C@H]2[C@H](O)[C@@H](O)[C@H](O)O[C@@H]2CO)[C@H](O)[C@@H](O)[C@@H]1O. The van der Waals surface area contributed by atoms with Gasteiger partial charge in [0.1, 0.15) is 55.4 Å². The number of esters is 2. The topological polar surface area (TPSA) is 222 Å². The van der Waals surface area contributed by atoms with Crippen LogP contribution in [0.25, 0.3) is 0 Å². The summed E-state index contributed by atoms with van der Waals surface area (Å²) in [4.78, 5) is 23.3. The molecule has 10 atom stereocenters. The smallest absolute Gasteiger partial charge is 0.310 e. The molecule has 2 aliphatic rings. The fourth-order valence-electron chi connectivity index (χ4n) is 4.20. The van der Waals surface area contributed by atoms with Crippen molar-refractivity contribution in [2.75, 3.05) is 13.2 Å². The summed E-state index contributed by atoms with van der Waals surface area (Å²) in [5.74, 6) is -0.872. The van der Waals surface area contributed by atoms with Crippen LogP contribution in [0.15, 0.2) is 12.8 Å². The van der Waals surface area contributed by atoms with Gasteiger partial charge < -0.3 is 59.4 Å². The van der Waals surface area contributed by atoms with Crippen molar-refractivity contribution < 1.29 is 69.0 Å². The van der Waals surface area contributed by atoms with Gasteiger partial charge in [0.05, 0.1) is 12.9 Å². The van der Waals surface area contributed by atoms with Crippen LogP contribution in [0.3, 0.4) is 0 Å². The molecule has 220 valence electrons. The van der Waals surface area contributed by atoms with Gasteiger partial charge in [-0.25, -0.2) is 0 Å². The maximum atomic E-state index is 12.1. The van der Waals surface area contributed by atoms with Gasteiger partial charge in [-0.05, 0) is 12.8 Å². The summed E-state index contributed by atoms with van der Waals surface area (Å²) in [5.41, 5.74) is 0. The number of rotatable bonds is 15. The molecule has 0 radical (unpaired) electrons. The number of hydrogen-bond donors (Lipinski definition) is 7. The molecular weight excluding hydrogens is 512 g/mol. The molecule has 0 bridgehead atoms. The third-order valence-electron chi connectivity index (χ3n) is 6.43. The molecule has 2 aliphatic heterocycles. The average Bonchev–Trinajstić information content (AvgIpc) is 2.89. The molecule has 2 fully saturated rings. The standard InChI is InChI=1S/C24H40O14/c1-2-34-15(26)9-7-5-3-4-6-8-10-16(27)35-12-14-17(28)18(29)21(32)24(37-14)38-22-13(11-25)36-23(33)20(31)19(22)30/h2,13-14,17-25,28-33H,1,3-12H2/t13-,14-,17-,18+,19-,20-,21-,22-,23-,24-/m1/s1. The van der Waals surface area contributed by atoms with E-state index in [0.29, 0.717) is 19.3 Å². The van der Waals surface area contributed by atoms with Crippen molar-refractivity contribution in [1.82, 2.24) is 0 Å². The fourth-order valence-corrected chi connectivity index (χ4v) is 4.20. The minimum Gasteiger partial charge on any atom is -0.463 e. The second kappa shape index (κ2) is 16.4. The second-order valence-electron chi connectivity index (χ2n) is 9.31. The van der Waals surface area contributed by atoms with E-state index in [-0.39, 0.29) is 12.4 Å². The molecule has 38 heavy (non-hydrogen) atoms. The van der Waals surface area contributed by atoms with Crippen LogP contribution in [0.4, 0.5) is 0 Å². The Labute approximate surface area is 220 Å². The second-order valence-corrected chi connectivity index (χ2v) is 9.31. The van der Waals surface area contributed by atoms with E-state index in [4.69, 9.17) is 18.9 Å². The van der Waals surface area contributed by atoms with E-state index in [0.717, 1.165) is 31.9 Å². The molecule has 14 nitrogen and oxygen atoms in total. The molecule has 0 spiro atoms. The predicted octanol–water partition coefficient (Wildman–Crippen LogP) is -2.04. The molecular formula is C24H40O14. The highest BCUT2D eigenvalue weighted by Crippen LogP contribution is 2.28. The Morgan fingerprint density at radius 1 is 0.737 bits per heavy atom. The first-order chi connectivity index (χ1) is 18.1. The molecule has 0 saturated carbocycles. The molecule has 2 rings (SSSR count). The Morgan fingerprint density at radius 2 is 1.34 bits per heavy atom. The van der Waals surface area contributed by atoms with Gasteiger partial charge in [-0.2, -0.15) is 0 Å². The van der Waals surface area contributed by atoms with Crippen LogP contribution >= 0.6 is 0 Å². The Bertz CT molecular complexity index is 733. The van der Waals surface area contributed by atoms with Crippen LogP contribution in [0.1, 0.15) is 51.4 Å². The van der Waals surface area contributed by atoms with Crippen molar-refractivity contribution in [3.05, 3.63) is 12.8 Å².